The highest BCUT2D eigenvalue weighted by Gasteiger charge is 2.39. The minimum absolute atomic E-state index is 0.158. The minimum Gasteiger partial charge on any atom is -0.298 e. The summed E-state index contributed by atoms with van der Waals surface area (Å²) in [4.78, 5) is 15.0. The molecule has 0 heterocycles. The monoisotopic (exact) mass is 267 g/mol. The van der Waals surface area contributed by atoms with Crippen LogP contribution < -0.4 is 0 Å². The Labute approximate surface area is 119 Å². The largest absolute Gasteiger partial charge is 0.298 e. The van der Waals surface area contributed by atoms with Gasteiger partial charge in [0.25, 0.3) is 0 Å². The maximum atomic E-state index is 12.8. The van der Waals surface area contributed by atoms with Crippen LogP contribution in [-0.4, -0.2) is 30.3 Å². The quantitative estimate of drug-likeness (QED) is 0.687. The van der Waals surface area contributed by atoms with E-state index in [9.17, 15) is 4.79 Å². The summed E-state index contributed by atoms with van der Waals surface area (Å²) in [6, 6.07) is 0. The highest BCUT2D eigenvalue weighted by Crippen LogP contribution is 2.34. The first-order valence-electron chi connectivity index (χ1n) is 7.99. The lowest BCUT2D eigenvalue weighted by Gasteiger charge is -2.38. The van der Waals surface area contributed by atoms with Gasteiger partial charge in [-0.05, 0) is 45.2 Å². The van der Waals surface area contributed by atoms with Crippen LogP contribution in [0.5, 0.6) is 0 Å². The third-order valence-corrected chi connectivity index (χ3v) is 4.64. The maximum absolute atomic E-state index is 12.8. The number of hydrogen-bond acceptors (Lipinski definition) is 2. The number of Topliss-reactive ketones (excluding diaryl/α,β-unsaturated/α-hetero) is 1. The molecule has 112 valence electrons. The van der Waals surface area contributed by atoms with Gasteiger partial charge in [-0.2, -0.15) is 0 Å². The van der Waals surface area contributed by atoms with Crippen molar-refractivity contribution in [1.29, 1.82) is 0 Å². The molecule has 0 atom stereocenters. The molecule has 1 rings (SSSR count). The molecule has 1 fully saturated rings. The van der Waals surface area contributed by atoms with Crippen molar-refractivity contribution in [2.24, 2.45) is 5.41 Å². The Kier molecular flexibility index (Phi) is 6.04. The zero-order valence-corrected chi connectivity index (χ0v) is 13.7. The van der Waals surface area contributed by atoms with E-state index in [2.05, 4.69) is 39.8 Å². The van der Waals surface area contributed by atoms with E-state index < -0.39 is 0 Å². The predicted octanol–water partition coefficient (Wildman–Crippen LogP) is 4.43. The molecule has 0 spiro atoms. The molecular formula is C17H33NO. The number of hydrogen-bond donors (Lipinski definition) is 0. The summed E-state index contributed by atoms with van der Waals surface area (Å²) < 4.78 is 0. The Hall–Kier alpha value is -0.370. The first-order chi connectivity index (χ1) is 8.78. The molecule has 19 heavy (non-hydrogen) atoms. The molecule has 0 aromatic rings. The average molecular weight is 267 g/mol. The number of ketones is 1. The zero-order chi connectivity index (χ0) is 14.5. The van der Waals surface area contributed by atoms with Crippen LogP contribution in [0, 0.1) is 5.41 Å². The van der Waals surface area contributed by atoms with Crippen molar-refractivity contribution in [3.63, 3.8) is 0 Å². The third kappa shape index (κ3) is 4.91. The van der Waals surface area contributed by atoms with Crippen molar-refractivity contribution < 1.29 is 4.79 Å². The van der Waals surface area contributed by atoms with Crippen molar-refractivity contribution in [2.45, 2.75) is 84.1 Å². The molecule has 0 N–H and O–H groups in total. The van der Waals surface area contributed by atoms with E-state index in [4.69, 9.17) is 0 Å². The van der Waals surface area contributed by atoms with Crippen molar-refractivity contribution in [1.82, 2.24) is 4.90 Å². The van der Waals surface area contributed by atoms with Gasteiger partial charge in [0, 0.05) is 6.42 Å². The molecule has 0 unspecified atom stereocenters. The SMILES string of the molecule is CN(C)C1(C(=O)CCCC(C)(C)C)CCCCCC1. The van der Waals surface area contributed by atoms with Gasteiger partial charge in [-0.25, -0.2) is 0 Å². The van der Waals surface area contributed by atoms with Gasteiger partial charge in [-0.1, -0.05) is 46.5 Å². The third-order valence-electron chi connectivity index (χ3n) is 4.64. The maximum Gasteiger partial charge on any atom is 0.153 e. The van der Waals surface area contributed by atoms with Crippen LogP contribution >= 0.6 is 0 Å². The molecule has 0 bridgehead atoms. The van der Waals surface area contributed by atoms with Crippen LogP contribution in [0.4, 0.5) is 0 Å². The van der Waals surface area contributed by atoms with Gasteiger partial charge in [0.1, 0.15) is 0 Å². The molecule has 0 aromatic heterocycles. The summed E-state index contributed by atoms with van der Waals surface area (Å²) in [5, 5.41) is 0. The molecule has 2 heteroatoms. The molecule has 1 saturated carbocycles. The van der Waals surface area contributed by atoms with E-state index in [-0.39, 0.29) is 5.54 Å². The Morgan fingerprint density at radius 2 is 1.58 bits per heavy atom. The smallest absolute Gasteiger partial charge is 0.153 e. The second-order valence-electron chi connectivity index (χ2n) is 7.68. The Bertz CT molecular complexity index is 280. The summed E-state index contributed by atoms with van der Waals surface area (Å²) in [6.45, 7) is 6.76. The number of likely N-dealkylation sites (N-methyl/N-ethyl adjacent to an activating group) is 1. The zero-order valence-electron chi connectivity index (χ0n) is 13.7. The summed E-state index contributed by atoms with van der Waals surface area (Å²) >= 11 is 0. The van der Waals surface area contributed by atoms with E-state index >= 15 is 0 Å². The molecular weight excluding hydrogens is 234 g/mol. The van der Waals surface area contributed by atoms with Gasteiger partial charge < -0.3 is 0 Å². The standard InChI is InChI=1S/C17H33NO/c1-16(2,3)12-10-11-15(19)17(18(4)5)13-8-6-7-9-14-17/h6-14H2,1-5H3. The van der Waals surface area contributed by atoms with Crippen molar-refractivity contribution >= 4 is 5.78 Å². The Balaban J connectivity index is 2.62. The fourth-order valence-corrected chi connectivity index (χ4v) is 3.30. The van der Waals surface area contributed by atoms with Crippen molar-refractivity contribution in [3.05, 3.63) is 0 Å². The number of carbonyl (C=O) groups excluding carboxylic acids is 1. The lowest BCUT2D eigenvalue weighted by Crippen LogP contribution is -2.50. The number of carbonyl (C=O) groups is 1. The first kappa shape index (κ1) is 16.7. The molecule has 0 aliphatic heterocycles. The summed E-state index contributed by atoms with van der Waals surface area (Å²) in [5.41, 5.74) is 0.184. The highest BCUT2D eigenvalue weighted by molar-refractivity contribution is 5.88. The molecule has 1 aliphatic carbocycles. The van der Waals surface area contributed by atoms with Gasteiger partial charge in [0.2, 0.25) is 0 Å². The van der Waals surface area contributed by atoms with Gasteiger partial charge in [-0.3, -0.25) is 9.69 Å². The van der Waals surface area contributed by atoms with E-state index in [0.29, 0.717) is 11.2 Å². The lowest BCUT2D eigenvalue weighted by molar-refractivity contribution is -0.131. The summed E-state index contributed by atoms with van der Waals surface area (Å²) in [7, 11) is 4.18. The summed E-state index contributed by atoms with van der Waals surface area (Å²) in [6.07, 6.45) is 10.1. The van der Waals surface area contributed by atoms with E-state index in [1.165, 1.54) is 25.7 Å². The summed E-state index contributed by atoms with van der Waals surface area (Å²) in [5.74, 6) is 0.489. The lowest BCUT2D eigenvalue weighted by atomic mass is 9.81. The average Bonchev–Trinajstić information content (AvgIpc) is 2.53. The second kappa shape index (κ2) is 6.88. The normalized spacial score (nSPS) is 20.3. The van der Waals surface area contributed by atoms with E-state index in [0.717, 1.165) is 32.1 Å². The topological polar surface area (TPSA) is 20.3 Å². The fourth-order valence-electron chi connectivity index (χ4n) is 3.30. The highest BCUT2D eigenvalue weighted by atomic mass is 16.1. The number of nitrogens with zero attached hydrogens (tertiary/aromatic N) is 1. The molecule has 2 nitrogen and oxygen atoms in total. The van der Waals surface area contributed by atoms with Crippen LogP contribution in [0.2, 0.25) is 0 Å². The molecule has 1 aliphatic rings. The van der Waals surface area contributed by atoms with Crippen LogP contribution in [0.25, 0.3) is 0 Å². The van der Waals surface area contributed by atoms with E-state index in [1.54, 1.807) is 0 Å². The van der Waals surface area contributed by atoms with Gasteiger partial charge in [0.15, 0.2) is 5.78 Å². The minimum atomic E-state index is -0.158. The molecule has 0 aromatic carbocycles. The predicted molar refractivity (Wildman–Crippen MR) is 82.4 cm³/mol. The van der Waals surface area contributed by atoms with Crippen LogP contribution in [-0.2, 0) is 4.79 Å². The van der Waals surface area contributed by atoms with Crippen LogP contribution in [0.1, 0.15) is 78.6 Å². The van der Waals surface area contributed by atoms with Crippen molar-refractivity contribution in [2.75, 3.05) is 14.1 Å². The fraction of sp³-hybridized carbons (Fsp3) is 0.941. The van der Waals surface area contributed by atoms with Gasteiger partial charge in [0.05, 0.1) is 5.54 Å². The van der Waals surface area contributed by atoms with Gasteiger partial charge in [-0.15, -0.1) is 0 Å². The van der Waals surface area contributed by atoms with Crippen LogP contribution in [0.3, 0.4) is 0 Å². The first-order valence-corrected chi connectivity index (χ1v) is 7.99. The number of rotatable bonds is 5. The molecule has 0 saturated heterocycles. The van der Waals surface area contributed by atoms with Crippen LogP contribution in [0.15, 0.2) is 0 Å². The molecule has 0 radical (unpaired) electrons. The van der Waals surface area contributed by atoms with Crippen molar-refractivity contribution in [3.8, 4) is 0 Å². The van der Waals surface area contributed by atoms with E-state index in [1.807, 2.05) is 0 Å². The Morgan fingerprint density at radius 3 is 2.00 bits per heavy atom. The molecule has 0 amide bonds. The Morgan fingerprint density at radius 1 is 1.05 bits per heavy atom. The second-order valence-corrected chi connectivity index (χ2v) is 7.68. The van der Waals surface area contributed by atoms with Gasteiger partial charge >= 0.3 is 0 Å².